The summed E-state index contributed by atoms with van der Waals surface area (Å²) in [5.74, 6) is -2.48. The molecule has 1 amide bonds. The van der Waals surface area contributed by atoms with Crippen molar-refractivity contribution in [1.29, 1.82) is 0 Å². The highest BCUT2D eigenvalue weighted by Crippen LogP contribution is 2.20. The number of amides is 1. The van der Waals surface area contributed by atoms with Crippen molar-refractivity contribution in [2.24, 2.45) is 0 Å². The highest BCUT2D eigenvalue weighted by molar-refractivity contribution is 5.82. The van der Waals surface area contributed by atoms with Crippen molar-refractivity contribution in [2.75, 3.05) is 6.54 Å². The minimum Gasteiger partial charge on any atom is -0.444 e. The molecule has 0 aliphatic carbocycles. The van der Waals surface area contributed by atoms with E-state index in [9.17, 15) is 22.8 Å². The molecule has 0 radical (unpaired) electrons. The van der Waals surface area contributed by atoms with Crippen LogP contribution in [0.1, 0.15) is 32.2 Å². The van der Waals surface area contributed by atoms with Gasteiger partial charge in [0.1, 0.15) is 34.3 Å². The van der Waals surface area contributed by atoms with Crippen molar-refractivity contribution < 1.29 is 22.7 Å². The van der Waals surface area contributed by atoms with Gasteiger partial charge in [0.15, 0.2) is 0 Å². The average molecular weight is 433 g/mol. The lowest BCUT2D eigenvalue weighted by molar-refractivity contribution is 0.0528. The molecule has 2 aromatic carbocycles. The van der Waals surface area contributed by atoms with Crippen molar-refractivity contribution in [3.8, 4) is 5.69 Å². The smallest absolute Gasteiger partial charge is 0.407 e. The van der Waals surface area contributed by atoms with Gasteiger partial charge in [-0.2, -0.15) is 0 Å². The third-order valence-corrected chi connectivity index (χ3v) is 4.37. The van der Waals surface area contributed by atoms with Crippen LogP contribution in [-0.2, 0) is 11.2 Å². The normalized spacial score (nSPS) is 11.6. The second-order valence-electron chi connectivity index (χ2n) is 8.06. The minimum absolute atomic E-state index is 0.0263. The number of carbonyl (C=O) groups is 1. The van der Waals surface area contributed by atoms with Gasteiger partial charge in [-0.3, -0.25) is 9.36 Å². The number of nitrogens with one attached hydrogen (secondary N) is 1. The van der Waals surface area contributed by atoms with Gasteiger partial charge < -0.3 is 10.1 Å². The van der Waals surface area contributed by atoms with Crippen LogP contribution in [0.4, 0.5) is 18.0 Å². The molecule has 9 heteroatoms. The van der Waals surface area contributed by atoms with E-state index >= 15 is 0 Å². The first-order chi connectivity index (χ1) is 14.5. The summed E-state index contributed by atoms with van der Waals surface area (Å²) in [4.78, 5) is 29.4. The zero-order valence-corrected chi connectivity index (χ0v) is 17.6. The number of benzene rings is 2. The fourth-order valence-electron chi connectivity index (χ4n) is 3.12. The molecule has 3 aromatic rings. The average Bonchev–Trinajstić information content (AvgIpc) is 2.62. The quantitative estimate of drug-likeness (QED) is 0.670. The molecule has 1 N–H and O–H groups in total. The van der Waals surface area contributed by atoms with Gasteiger partial charge in [0.05, 0.1) is 11.2 Å². The minimum atomic E-state index is -0.899. The largest absolute Gasteiger partial charge is 0.444 e. The second kappa shape index (κ2) is 8.41. The maximum atomic E-state index is 14.5. The molecular formula is C22H22F3N3O3. The van der Waals surface area contributed by atoms with Gasteiger partial charge >= 0.3 is 6.09 Å². The maximum Gasteiger partial charge on any atom is 0.407 e. The standard InChI is InChI=1S/C22H22F3N3O3/c1-12-5-6-16(25)18-19(12)27-17(7-8-26-21(30)31-22(2,3)4)28(20(18)29)15-10-13(23)9-14(24)11-15/h5-6,9-11H,7-8H2,1-4H3,(H,26,30). The van der Waals surface area contributed by atoms with Crippen LogP contribution in [0, 0.1) is 24.4 Å². The van der Waals surface area contributed by atoms with Crippen LogP contribution in [0.5, 0.6) is 0 Å². The summed E-state index contributed by atoms with van der Waals surface area (Å²) in [5.41, 5.74) is -0.924. The van der Waals surface area contributed by atoms with Crippen LogP contribution < -0.4 is 10.9 Å². The Kier molecular flexibility index (Phi) is 6.06. The van der Waals surface area contributed by atoms with Crippen molar-refractivity contribution in [3.05, 3.63) is 69.5 Å². The van der Waals surface area contributed by atoms with Gasteiger partial charge in [0.25, 0.3) is 5.56 Å². The molecule has 0 fully saturated rings. The van der Waals surface area contributed by atoms with Gasteiger partial charge in [-0.1, -0.05) is 6.07 Å². The molecule has 6 nitrogen and oxygen atoms in total. The molecule has 31 heavy (non-hydrogen) atoms. The zero-order valence-electron chi connectivity index (χ0n) is 17.6. The number of aromatic nitrogens is 2. The lowest BCUT2D eigenvalue weighted by atomic mass is 10.1. The van der Waals surface area contributed by atoms with Crippen molar-refractivity contribution in [2.45, 2.75) is 39.7 Å². The molecule has 0 atom stereocenters. The number of rotatable bonds is 4. The van der Waals surface area contributed by atoms with E-state index in [0.717, 1.165) is 22.8 Å². The number of ether oxygens (including phenoxy) is 1. The van der Waals surface area contributed by atoms with E-state index in [-0.39, 0.29) is 35.4 Å². The maximum absolute atomic E-state index is 14.5. The van der Waals surface area contributed by atoms with Gasteiger partial charge in [-0.15, -0.1) is 0 Å². The molecule has 0 aliphatic rings. The number of hydrogen-bond donors (Lipinski definition) is 1. The molecule has 1 aromatic heterocycles. The van der Waals surface area contributed by atoms with E-state index < -0.39 is 34.7 Å². The Balaban J connectivity index is 2.09. The molecule has 0 saturated heterocycles. The van der Waals surface area contributed by atoms with E-state index in [2.05, 4.69) is 10.3 Å². The van der Waals surface area contributed by atoms with Crippen LogP contribution in [0.3, 0.4) is 0 Å². The van der Waals surface area contributed by atoms with Crippen molar-refractivity contribution >= 4 is 17.0 Å². The fraction of sp³-hybridized carbons (Fsp3) is 0.318. The summed E-state index contributed by atoms with van der Waals surface area (Å²) in [5, 5.41) is 2.26. The summed E-state index contributed by atoms with van der Waals surface area (Å²) in [6, 6.07) is 5.20. The second-order valence-corrected chi connectivity index (χ2v) is 8.06. The summed E-state index contributed by atoms with van der Waals surface area (Å²) in [6.07, 6.45) is -0.639. The highest BCUT2D eigenvalue weighted by Gasteiger charge is 2.19. The predicted molar refractivity (Wildman–Crippen MR) is 110 cm³/mol. The molecule has 0 bridgehead atoms. The Hall–Kier alpha value is -3.36. The predicted octanol–water partition coefficient (Wildman–Crippen LogP) is 4.18. The Labute approximate surface area is 176 Å². The summed E-state index contributed by atoms with van der Waals surface area (Å²) < 4.78 is 48.2. The van der Waals surface area contributed by atoms with Gasteiger partial charge in [0.2, 0.25) is 0 Å². The van der Waals surface area contributed by atoms with Crippen LogP contribution >= 0.6 is 0 Å². The fourth-order valence-corrected chi connectivity index (χ4v) is 3.12. The first-order valence-electron chi connectivity index (χ1n) is 9.60. The number of carbonyl (C=O) groups excluding carboxylic acids is 1. The number of nitrogens with zero attached hydrogens (tertiary/aromatic N) is 2. The number of halogens is 3. The Morgan fingerprint density at radius 1 is 1.13 bits per heavy atom. The zero-order chi connectivity index (χ0) is 22.9. The summed E-state index contributed by atoms with van der Waals surface area (Å²) in [7, 11) is 0. The van der Waals surface area contributed by atoms with E-state index in [1.165, 1.54) is 6.07 Å². The lowest BCUT2D eigenvalue weighted by Crippen LogP contribution is -2.34. The van der Waals surface area contributed by atoms with E-state index in [0.29, 0.717) is 11.6 Å². The first-order valence-corrected chi connectivity index (χ1v) is 9.60. The number of fused-ring (bicyclic) bond motifs is 1. The number of hydrogen-bond acceptors (Lipinski definition) is 4. The number of aryl methyl sites for hydroxylation is 1. The Bertz CT molecular complexity index is 1200. The third-order valence-electron chi connectivity index (χ3n) is 4.37. The van der Waals surface area contributed by atoms with Crippen LogP contribution in [0.2, 0.25) is 0 Å². The molecule has 0 aliphatic heterocycles. The van der Waals surface area contributed by atoms with Crippen LogP contribution in [0.25, 0.3) is 16.6 Å². The van der Waals surface area contributed by atoms with Crippen molar-refractivity contribution in [1.82, 2.24) is 14.9 Å². The third kappa shape index (κ3) is 5.04. The van der Waals surface area contributed by atoms with Gasteiger partial charge in [0, 0.05) is 19.0 Å². The molecule has 1 heterocycles. The van der Waals surface area contributed by atoms with Crippen molar-refractivity contribution in [3.63, 3.8) is 0 Å². The summed E-state index contributed by atoms with van der Waals surface area (Å²) >= 11 is 0. The highest BCUT2D eigenvalue weighted by atomic mass is 19.1. The molecule has 0 saturated carbocycles. The SMILES string of the molecule is Cc1ccc(F)c2c(=O)n(-c3cc(F)cc(F)c3)c(CCNC(=O)OC(C)(C)C)nc12. The van der Waals surface area contributed by atoms with Crippen LogP contribution in [0.15, 0.2) is 35.1 Å². The first kappa shape index (κ1) is 22.3. The monoisotopic (exact) mass is 433 g/mol. The summed E-state index contributed by atoms with van der Waals surface area (Å²) in [6.45, 7) is 6.84. The van der Waals surface area contributed by atoms with Crippen LogP contribution in [-0.4, -0.2) is 27.8 Å². The molecule has 3 rings (SSSR count). The Morgan fingerprint density at radius 2 is 1.77 bits per heavy atom. The van der Waals surface area contributed by atoms with E-state index in [4.69, 9.17) is 4.74 Å². The van der Waals surface area contributed by atoms with E-state index in [1.807, 2.05) is 0 Å². The topological polar surface area (TPSA) is 73.2 Å². The Morgan fingerprint density at radius 3 is 2.39 bits per heavy atom. The van der Waals surface area contributed by atoms with E-state index in [1.54, 1.807) is 27.7 Å². The lowest BCUT2D eigenvalue weighted by Gasteiger charge is -2.20. The van der Waals surface area contributed by atoms with Gasteiger partial charge in [-0.25, -0.2) is 22.9 Å². The molecular weight excluding hydrogens is 411 g/mol. The molecule has 0 unspecified atom stereocenters. The number of alkyl carbamates (subject to hydrolysis) is 1. The van der Waals surface area contributed by atoms with Gasteiger partial charge in [-0.05, 0) is 51.5 Å². The molecule has 164 valence electrons. The molecule has 0 spiro atoms.